The Kier molecular flexibility index (Phi) is 5.77. The number of anilines is 1. The first kappa shape index (κ1) is 21.5. The van der Waals surface area contributed by atoms with Gasteiger partial charge < -0.3 is 25.0 Å². The van der Waals surface area contributed by atoms with Gasteiger partial charge in [0, 0.05) is 11.4 Å². The summed E-state index contributed by atoms with van der Waals surface area (Å²) < 4.78 is 10.5. The Morgan fingerprint density at radius 3 is 2.73 bits per heavy atom. The number of thiophene rings is 2. The largest absolute Gasteiger partial charge is 0.450 e. The first-order valence-electron chi connectivity index (χ1n) is 10.5. The number of fused-ring (bicyclic) bond motifs is 3. The van der Waals surface area contributed by atoms with Crippen LogP contribution in [-0.2, 0) is 17.7 Å². The molecule has 2 aliphatic rings. The molecule has 0 saturated carbocycles. The molecule has 2 aromatic heterocycles. The second-order valence-corrected chi connectivity index (χ2v) is 9.62. The van der Waals surface area contributed by atoms with Crippen LogP contribution in [-0.4, -0.2) is 36.0 Å². The smallest absolute Gasteiger partial charge is 0.410 e. The third-order valence-corrected chi connectivity index (χ3v) is 7.51. The summed E-state index contributed by atoms with van der Waals surface area (Å²) in [6, 6.07) is 10.6. The lowest BCUT2D eigenvalue weighted by atomic mass is 10.0. The van der Waals surface area contributed by atoms with Gasteiger partial charge in [0.2, 0.25) is 0 Å². The van der Waals surface area contributed by atoms with Gasteiger partial charge in [0.25, 0.3) is 5.91 Å². The molecular weight excluding hydrogens is 462 g/mol. The highest BCUT2D eigenvalue weighted by atomic mass is 32.1. The molecule has 0 saturated heterocycles. The third-order valence-electron chi connectivity index (χ3n) is 5.51. The van der Waals surface area contributed by atoms with Gasteiger partial charge in [-0.1, -0.05) is 18.2 Å². The van der Waals surface area contributed by atoms with Crippen molar-refractivity contribution in [1.29, 1.82) is 0 Å². The van der Waals surface area contributed by atoms with Gasteiger partial charge in [-0.05, 0) is 48.1 Å². The van der Waals surface area contributed by atoms with Gasteiger partial charge in [0.15, 0.2) is 0 Å². The zero-order chi connectivity index (χ0) is 22.9. The predicted octanol–water partition coefficient (Wildman–Crippen LogP) is 4.40. The average molecular weight is 484 g/mol. The number of rotatable bonds is 4. The number of esters is 1. The van der Waals surface area contributed by atoms with Gasteiger partial charge in [0.05, 0.1) is 18.7 Å². The van der Waals surface area contributed by atoms with E-state index in [4.69, 9.17) is 9.47 Å². The zero-order valence-corrected chi connectivity index (χ0v) is 19.4. The van der Waals surface area contributed by atoms with Crippen molar-refractivity contribution in [2.75, 3.05) is 18.5 Å². The molecule has 0 unspecified atom stereocenters. The molecule has 5 rings (SSSR count). The highest BCUT2D eigenvalue weighted by Crippen LogP contribution is 2.41. The number of carbonyl (C=O) groups excluding carboxylic acids is 3. The minimum atomic E-state index is -0.409. The van der Waals surface area contributed by atoms with E-state index in [-0.39, 0.29) is 12.0 Å². The fourth-order valence-electron chi connectivity index (χ4n) is 3.93. The second kappa shape index (κ2) is 8.87. The van der Waals surface area contributed by atoms with Crippen molar-refractivity contribution in [3.63, 3.8) is 0 Å². The Morgan fingerprint density at radius 1 is 1.18 bits per heavy atom. The molecule has 2 N–H and O–H groups in total. The van der Waals surface area contributed by atoms with Crippen molar-refractivity contribution < 1.29 is 23.9 Å². The van der Waals surface area contributed by atoms with Gasteiger partial charge in [-0.15, -0.1) is 22.7 Å². The maximum Gasteiger partial charge on any atom is 0.410 e. The fourth-order valence-corrected chi connectivity index (χ4v) is 5.82. The number of nitrogens with one attached hydrogen (secondary N) is 2. The minimum absolute atomic E-state index is 0.135. The van der Waals surface area contributed by atoms with E-state index >= 15 is 0 Å². The van der Waals surface area contributed by atoms with Crippen LogP contribution in [0, 0.1) is 0 Å². The lowest BCUT2D eigenvalue weighted by Gasteiger charge is -2.28. The summed E-state index contributed by atoms with van der Waals surface area (Å²) in [5, 5.41) is 9.03. The van der Waals surface area contributed by atoms with Gasteiger partial charge in [-0.25, -0.2) is 9.59 Å². The SMILES string of the molecule is CCOC(=O)N1CCc2c(sc3c2C(=O)N[C@H](c2ccc(OC(=O)c4cccs4)cc2)N3)C1. The molecule has 8 nitrogen and oxygen atoms in total. The van der Waals surface area contributed by atoms with Crippen molar-refractivity contribution in [2.45, 2.75) is 26.1 Å². The summed E-state index contributed by atoms with van der Waals surface area (Å²) in [5.74, 6) is -0.0952. The van der Waals surface area contributed by atoms with Gasteiger partial charge in [-0.3, -0.25) is 4.79 Å². The fraction of sp³-hybridized carbons (Fsp3) is 0.261. The summed E-state index contributed by atoms with van der Waals surface area (Å²) in [6.07, 6.45) is -0.123. The summed E-state index contributed by atoms with van der Waals surface area (Å²) in [6.45, 7) is 3.08. The topological polar surface area (TPSA) is 97.0 Å². The lowest BCUT2D eigenvalue weighted by molar-refractivity contribution is 0.0739. The summed E-state index contributed by atoms with van der Waals surface area (Å²) in [4.78, 5) is 40.4. The van der Waals surface area contributed by atoms with Crippen molar-refractivity contribution in [3.05, 3.63) is 68.2 Å². The molecule has 33 heavy (non-hydrogen) atoms. The zero-order valence-electron chi connectivity index (χ0n) is 17.8. The predicted molar refractivity (Wildman–Crippen MR) is 125 cm³/mol. The molecule has 4 heterocycles. The van der Waals surface area contributed by atoms with Crippen molar-refractivity contribution in [1.82, 2.24) is 10.2 Å². The monoisotopic (exact) mass is 483 g/mol. The number of amides is 2. The average Bonchev–Trinajstić information content (AvgIpc) is 3.47. The van der Waals surface area contributed by atoms with Crippen molar-refractivity contribution >= 4 is 45.6 Å². The number of carbonyl (C=O) groups is 3. The van der Waals surface area contributed by atoms with E-state index in [1.54, 1.807) is 36.1 Å². The van der Waals surface area contributed by atoms with Crippen LogP contribution in [0.15, 0.2) is 41.8 Å². The van der Waals surface area contributed by atoms with Crippen molar-refractivity contribution in [3.8, 4) is 5.75 Å². The molecule has 0 aliphatic carbocycles. The Labute approximate surface area is 198 Å². The maximum atomic E-state index is 12.9. The molecule has 0 radical (unpaired) electrons. The molecular formula is C23H21N3O5S2. The highest BCUT2D eigenvalue weighted by molar-refractivity contribution is 7.16. The molecule has 1 atom stereocenters. The quantitative estimate of drug-likeness (QED) is 0.422. The summed E-state index contributed by atoms with van der Waals surface area (Å²) in [7, 11) is 0. The van der Waals surface area contributed by atoms with E-state index in [1.807, 2.05) is 17.5 Å². The highest BCUT2D eigenvalue weighted by Gasteiger charge is 2.34. The minimum Gasteiger partial charge on any atom is -0.450 e. The third kappa shape index (κ3) is 4.19. The van der Waals surface area contributed by atoms with Gasteiger partial charge in [-0.2, -0.15) is 0 Å². The van der Waals surface area contributed by atoms with E-state index in [0.717, 1.165) is 21.0 Å². The summed E-state index contributed by atoms with van der Waals surface area (Å²) >= 11 is 2.83. The van der Waals surface area contributed by atoms with E-state index in [2.05, 4.69) is 10.6 Å². The molecule has 2 aliphatic heterocycles. The van der Waals surface area contributed by atoms with Crippen LogP contribution in [0.4, 0.5) is 9.80 Å². The normalized spacial score (nSPS) is 16.8. The standard InChI is InChI=1S/C23H21N3O5S2/c1-2-30-23(29)26-10-9-15-17(12-26)33-21-18(15)20(27)24-19(25-21)13-5-7-14(8-6-13)31-22(28)16-4-3-11-32-16/h3-8,11,19,25H,2,9-10,12H2,1H3,(H,24,27)/t19-/m0/s1. The van der Waals surface area contributed by atoms with Crippen LogP contribution in [0.25, 0.3) is 0 Å². The Morgan fingerprint density at radius 2 is 2.00 bits per heavy atom. The lowest BCUT2D eigenvalue weighted by Crippen LogP contribution is -2.39. The molecule has 3 aromatic rings. The number of hydrogen-bond acceptors (Lipinski definition) is 8. The van der Waals surface area contributed by atoms with Crippen LogP contribution in [0.2, 0.25) is 0 Å². The number of hydrogen-bond donors (Lipinski definition) is 2. The Balaban J connectivity index is 1.30. The van der Waals surface area contributed by atoms with E-state index in [1.165, 1.54) is 22.7 Å². The molecule has 1 aromatic carbocycles. The number of nitrogens with zero attached hydrogens (tertiary/aromatic N) is 1. The number of ether oxygens (including phenoxy) is 2. The van der Waals surface area contributed by atoms with E-state index < -0.39 is 12.1 Å². The molecule has 0 spiro atoms. The molecule has 0 bridgehead atoms. The summed E-state index contributed by atoms with van der Waals surface area (Å²) in [5.41, 5.74) is 2.50. The maximum absolute atomic E-state index is 12.9. The van der Waals surface area contributed by atoms with E-state index in [0.29, 0.717) is 42.3 Å². The molecule has 10 heteroatoms. The first-order chi connectivity index (χ1) is 16.0. The van der Waals surface area contributed by atoms with Crippen LogP contribution in [0.3, 0.4) is 0 Å². The molecule has 2 amide bonds. The van der Waals surface area contributed by atoms with Crippen molar-refractivity contribution in [2.24, 2.45) is 0 Å². The van der Waals surface area contributed by atoms with E-state index in [9.17, 15) is 14.4 Å². The molecule has 0 fully saturated rings. The van der Waals surface area contributed by atoms with Crippen LogP contribution >= 0.6 is 22.7 Å². The first-order valence-corrected chi connectivity index (χ1v) is 12.2. The Hall–Kier alpha value is -3.37. The van der Waals surface area contributed by atoms with Crippen LogP contribution < -0.4 is 15.4 Å². The number of benzene rings is 1. The van der Waals surface area contributed by atoms with Gasteiger partial charge >= 0.3 is 12.1 Å². The van der Waals surface area contributed by atoms with Crippen LogP contribution in [0.1, 0.15) is 49.1 Å². The molecule has 170 valence electrons. The van der Waals surface area contributed by atoms with Gasteiger partial charge in [0.1, 0.15) is 21.8 Å². The Bertz CT molecular complexity index is 1200. The second-order valence-electron chi connectivity index (χ2n) is 7.57. The van der Waals surface area contributed by atoms with Crippen LogP contribution in [0.5, 0.6) is 5.75 Å².